The zero-order chi connectivity index (χ0) is 25.7. The molecule has 0 bridgehead atoms. The van der Waals surface area contributed by atoms with E-state index in [9.17, 15) is 5.11 Å². The Kier molecular flexibility index (Phi) is 8.29. The smallest absolute Gasteiger partial charge is 0.126 e. The second-order valence-corrected chi connectivity index (χ2v) is 12.1. The Morgan fingerprint density at radius 1 is 0.694 bits per heavy atom. The third-order valence-corrected chi connectivity index (χ3v) is 8.29. The van der Waals surface area contributed by atoms with Crippen LogP contribution in [0, 0.1) is 13.8 Å². The lowest BCUT2D eigenvalue weighted by atomic mass is 9.86. The molecule has 0 amide bonds. The molecule has 0 spiro atoms. The fraction of sp³-hybridized carbons (Fsp3) is 0.273. The van der Waals surface area contributed by atoms with Crippen molar-refractivity contribution in [3.05, 3.63) is 124 Å². The zero-order valence-electron chi connectivity index (χ0n) is 22.2. The van der Waals surface area contributed by atoms with Crippen LogP contribution in [0.2, 0.25) is 0 Å². The van der Waals surface area contributed by atoms with Crippen molar-refractivity contribution >= 4 is 19.2 Å². The predicted molar refractivity (Wildman–Crippen MR) is 156 cm³/mol. The first-order valence-electron chi connectivity index (χ1n) is 12.7. The van der Waals surface area contributed by atoms with Crippen LogP contribution in [0.5, 0.6) is 5.75 Å². The van der Waals surface area contributed by atoms with E-state index in [0.717, 1.165) is 30.5 Å². The second kappa shape index (κ2) is 11.4. The topological polar surface area (TPSA) is 23.5 Å². The van der Waals surface area contributed by atoms with Gasteiger partial charge in [0, 0.05) is 24.9 Å². The summed E-state index contributed by atoms with van der Waals surface area (Å²) in [6.07, 6.45) is 0. The minimum Gasteiger partial charge on any atom is -0.507 e. The Labute approximate surface area is 218 Å². The van der Waals surface area contributed by atoms with Gasteiger partial charge in [0.2, 0.25) is 0 Å². The number of rotatable bonds is 8. The molecule has 0 saturated heterocycles. The van der Waals surface area contributed by atoms with Gasteiger partial charge in [0.25, 0.3) is 0 Å². The molecule has 36 heavy (non-hydrogen) atoms. The van der Waals surface area contributed by atoms with Crippen LogP contribution in [0.15, 0.2) is 91.0 Å². The Balaban J connectivity index is 1.68. The summed E-state index contributed by atoms with van der Waals surface area (Å²) in [6.45, 7) is 13.5. The average Bonchev–Trinajstić information content (AvgIpc) is 2.84. The van der Waals surface area contributed by atoms with Crippen LogP contribution in [0.4, 0.5) is 0 Å². The first-order chi connectivity index (χ1) is 17.2. The lowest BCUT2D eigenvalue weighted by Gasteiger charge is -2.25. The quantitative estimate of drug-likeness (QED) is 0.263. The number of phenols is 1. The molecule has 4 aromatic carbocycles. The Hall–Kier alpha value is -2.93. The average molecular weight is 496 g/mol. The summed E-state index contributed by atoms with van der Waals surface area (Å²) in [6, 6.07) is 32.4. The van der Waals surface area contributed by atoms with Crippen molar-refractivity contribution in [3.63, 3.8) is 0 Å². The van der Waals surface area contributed by atoms with E-state index in [1.807, 2.05) is 6.92 Å². The van der Waals surface area contributed by atoms with Crippen molar-refractivity contribution in [1.82, 2.24) is 4.90 Å². The van der Waals surface area contributed by atoms with E-state index in [1.54, 1.807) is 0 Å². The number of aromatic hydroxyl groups is 1. The Bertz CT molecular complexity index is 1250. The molecule has 4 aromatic rings. The van der Waals surface area contributed by atoms with E-state index < -0.39 is 0 Å². The summed E-state index contributed by atoms with van der Waals surface area (Å²) < 4.78 is 0. The predicted octanol–water partition coefficient (Wildman–Crippen LogP) is 7.14. The van der Waals surface area contributed by atoms with Gasteiger partial charge in [-0.2, -0.15) is 0 Å². The SMILES string of the molecule is Cc1cc(C(C)(C)C)cc(Pc2c(C)cccc2CN(Cc2ccccc2)Cc2ccccc2)c1O. The molecular weight excluding hydrogens is 457 g/mol. The highest BCUT2D eigenvalue weighted by Crippen LogP contribution is 2.31. The molecule has 0 aliphatic rings. The molecule has 1 N–H and O–H groups in total. The fourth-order valence-corrected chi connectivity index (χ4v) is 5.99. The first kappa shape index (κ1) is 26.1. The molecule has 0 fully saturated rings. The van der Waals surface area contributed by atoms with Crippen LogP contribution in [0.3, 0.4) is 0 Å². The summed E-state index contributed by atoms with van der Waals surface area (Å²) in [4.78, 5) is 2.52. The number of benzene rings is 4. The molecule has 0 saturated carbocycles. The van der Waals surface area contributed by atoms with Crippen LogP contribution in [0.1, 0.15) is 54.2 Å². The number of aryl methyl sites for hydroxylation is 2. The van der Waals surface area contributed by atoms with Crippen molar-refractivity contribution in [2.24, 2.45) is 0 Å². The van der Waals surface area contributed by atoms with Gasteiger partial charge in [-0.3, -0.25) is 4.90 Å². The van der Waals surface area contributed by atoms with E-state index in [2.05, 4.69) is 124 Å². The fourth-order valence-electron chi connectivity index (χ4n) is 4.57. The first-order valence-corrected chi connectivity index (χ1v) is 13.7. The van der Waals surface area contributed by atoms with Crippen molar-refractivity contribution in [1.29, 1.82) is 0 Å². The lowest BCUT2D eigenvalue weighted by Crippen LogP contribution is -2.26. The molecule has 0 heterocycles. The van der Waals surface area contributed by atoms with Gasteiger partial charge >= 0.3 is 0 Å². The highest BCUT2D eigenvalue weighted by Gasteiger charge is 2.19. The van der Waals surface area contributed by atoms with Crippen LogP contribution in [0.25, 0.3) is 0 Å². The minimum absolute atomic E-state index is 0.0361. The van der Waals surface area contributed by atoms with Crippen molar-refractivity contribution in [3.8, 4) is 5.75 Å². The summed E-state index contributed by atoms with van der Waals surface area (Å²) in [5.41, 5.74) is 7.50. The number of nitrogens with zero attached hydrogens (tertiary/aromatic N) is 1. The molecular formula is C33H38NOP. The summed E-state index contributed by atoms with van der Waals surface area (Å²) in [7, 11) is 0.404. The van der Waals surface area contributed by atoms with E-state index >= 15 is 0 Å². The second-order valence-electron chi connectivity index (χ2n) is 10.8. The maximum atomic E-state index is 11.0. The molecule has 3 heteroatoms. The molecule has 0 aromatic heterocycles. The van der Waals surface area contributed by atoms with Crippen LogP contribution in [-0.4, -0.2) is 10.0 Å². The zero-order valence-corrected chi connectivity index (χ0v) is 23.2. The third-order valence-electron chi connectivity index (χ3n) is 6.68. The van der Waals surface area contributed by atoms with Crippen LogP contribution >= 0.6 is 8.58 Å². The lowest BCUT2D eigenvalue weighted by molar-refractivity contribution is 0.248. The van der Waals surface area contributed by atoms with Crippen LogP contribution < -0.4 is 10.6 Å². The molecule has 4 rings (SSSR count). The summed E-state index contributed by atoms with van der Waals surface area (Å²) >= 11 is 0. The van der Waals surface area contributed by atoms with Crippen molar-refractivity contribution in [2.75, 3.05) is 0 Å². The highest BCUT2D eigenvalue weighted by molar-refractivity contribution is 7.56. The van der Waals surface area contributed by atoms with E-state index in [4.69, 9.17) is 0 Å². The summed E-state index contributed by atoms with van der Waals surface area (Å²) in [5.74, 6) is 0.431. The molecule has 186 valence electrons. The van der Waals surface area contributed by atoms with Gasteiger partial charge in [0.1, 0.15) is 5.75 Å². The van der Waals surface area contributed by atoms with Crippen LogP contribution in [-0.2, 0) is 25.0 Å². The normalized spacial score (nSPS) is 12.1. The molecule has 0 aliphatic carbocycles. The molecule has 2 nitrogen and oxygen atoms in total. The van der Waals surface area contributed by atoms with Gasteiger partial charge in [-0.25, -0.2) is 0 Å². The maximum absolute atomic E-state index is 11.0. The molecule has 1 atom stereocenters. The number of phenolic OH excluding ortho intramolecular Hbond substituents is 1. The molecule has 0 radical (unpaired) electrons. The number of hydrogen-bond donors (Lipinski definition) is 1. The van der Waals surface area contributed by atoms with Gasteiger partial charge in [0.05, 0.1) is 0 Å². The standard InChI is InChI=1S/C33H38NOP/c1-24-13-12-18-28(32(24)36-30-20-29(33(3,4)5)19-25(2)31(30)35)23-34(21-26-14-8-6-9-15-26)22-27-16-10-7-11-17-27/h6-20,35-36H,21-23H2,1-5H3. The van der Waals surface area contributed by atoms with E-state index in [1.165, 1.54) is 33.1 Å². The van der Waals surface area contributed by atoms with Gasteiger partial charge in [0.15, 0.2) is 0 Å². The monoisotopic (exact) mass is 495 g/mol. The van der Waals surface area contributed by atoms with Gasteiger partial charge in [-0.05, 0) is 64.0 Å². The van der Waals surface area contributed by atoms with Gasteiger partial charge in [-0.15, -0.1) is 0 Å². The van der Waals surface area contributed by atoms with Crippen molar-refractivity contribution < 1.29 is 5.11 Å². The Morgan fingerprint density at radius 3 is 1.83 bits per heavy atom. The Morgan fingerprint density at radius 2 is 1.28 bits per heavy atom. The van der Waals surface area contributed by atoms with Gasteiger partial charge < -0.3 is 5.11 Å². The van der Waals surface area contributed by atoms with E-state index in [-0.39, 0.29) is 5.41 Å². The van der Waals surface area contributed by atoms with Crippen molar-refractivity contribution in [2.45, 2.75) is 59.7 Å². The van der Waals surface area contributed by atoms with E-state index in [0.29, 0.717) is 14.3 Å². The minimum atomic E-state index is 0.0361. The summed E-state index contributed by atoms with van der Waals surface area (Å²) in [5, 5.41) is 13.4. The third kappa shape index (κ3) is 6.64. The largest absolute Gasteiger partial charge is 0.507 e. The number of hydrogen-bond acceptors (Lipinski definition) is 2. The molecule has 1 unspecified atom stereocenters. The highest BCUT2D eigenvalue weighted by atomic mass is 31.1. The molecule has 0 aliphatic heterocycles. The maximum Gasteiger partial charge on any atom is 0.126 e. The van der Waals surface area contributed by atoms with Gasteiger partial charge in [-0.1, -0.05) is 114 Å².